The molecule has 1 unspecified atom stereocenters. The van der Waals surface area contributed by atoms with E-state index >= 15 is 0 Å². The minimum atomic E-state index is -0.762. The zero-order valence-corrected chi connectivity index (χ0v) is 18.6. The number of carbonyl (C=O) groups excluding carboxylic acids is 2. The number of nitrogens with zero attached hydrogens (tertiary/aromatic N) is 2. The van der Waals surface area contributed by atoms with Crippen molar-refractivity contribution in [1.29, 1.82) is 0 Å². The number of amides is 2. The fraction of sp³-hybridized carbons (Fsp3) is 0.333. The maximum Gasteiger partial charge on any atom is 0.252 e. The zero-order chi connectivity index (χ0) is 23.6. The van der Waals surface area contributed by atoms with E-state index in [1.54, 1.807) is 31.6 Å². The third kappa shape index (κ3) is 6.86. The molecule has 1 aromatic heterocycles. The average molecular weight is 453 g/mol. The van der Waals surface area contributed by atoms with Gasteiger partial charge in [0.25, 0.3) is 5.91 Å². The maximum atomic E-state index is 14.3. The van der Waals surface area contributed by atoms with Crippen LogP contribution in [0.15, 0.2) is 59.6 Å². The van der Waals surface area contributed by atoms with Crippen LogP contribution in [0.4, 0.5) is 15.8 Å². The van der Waals surface area contributed by atoms with E-state index in [1.807, 2.05) is 0 Å². The molecule has 5 N–H and O–H groups in total. The average Bonchev–Trinajstić information content (AvgIpc) is 3.33. The number of halogens is 1. The van der Waals surface area contributed by atoms with Gasteiger partial charge in [-0.2, -0.15) is 0 Å². The number of aliphatic imine (C=N–C) groups is 1. The lowest BCUT2D eigenvalue weighted by molar-refractivity contribution is -0.122. The molecule has 1 aromatic carbocycles. The van der Waals surface area contributed by atoms with Crippen molar-refractivity contribution < 1.29 is 14.0 Å². The molecule has 1 aliphatic carbocycles. The smallest absolute Gasteiger partial charge is 0.252 e. The van der Waals surface area contributed by atoms with Gasteiger partial charge >= 0.3 is 0 Å². The summed E-state index contributed by atoms with van der Waals surface area (Å²) in [6.45, 7) is 0. The summed E-state index contributed by atoms with van der Waals surface area (Å²) >= 11 is 0. The maximum absolute atomic E-state index is 14.3. The Bertz CT molecular complexity index is 1020. The lowest BCUT2D eigenvalue weighted by atomic mass is 9.97. The molecule has 2 aromatic rings. The Morgan fingerprint density at radius 2 is 1.97 bits per heavy atom. The van der Waals surface area contributed by atoms with Crippen LogP contribution < -0.4 is 21.7 Å². The fourth-order valence-electron chi connectivity index (χ4n) is 3.89. The first-order valence-corrected chi connectivity index (χ1v) is 10.9. The van der Waals surface area contributed by atoms with Gasteiger partial charge in [0.1, 0.15) is 11.9 Å². The summed E-state index contributed by atoms with van der Waals surface area (Å²) in [4.78, 5) is 33.7. The van der Waals surface area contributed by atoms with Gasteiger partial charge in [0.2, 0.25) is 5.91 Å². The molecule has 174 valence electrons. The molecular formula is C24H29FN6O2. The van der Waals surface area contributed by atoms with E-state index in [1.165, 1.54) is 30.6 Å². The van der Waals surface area contributed by atoms with Gasteiger partial charge in [-0.1, -0.05) is 25.7 Å². The molecule has 1 atom stereocenters. The largest absolute Gasteiger partial charge is 0.403 e. The van der Waals surface area contributed by atoms with E-state index in [9.17, 15) is 14.0 Å². The highest BCUT2D eigenvalue weighted by Crippen LogP contribution is 2.29. The highest BCUT2D eigenvalue weighted by atomic mass is 19.1. The molecule has 8 nitrogen and oxygen atoms in total. The van der Waals surface area contributed by atoms with Crippen LogP contribution in [-0.4, -0.2) is 36.1 Å². The van der Waals surface area contributed by atoms with E-state index in [2.05, 4.69) is 25.9 Å². The molecule has 1 aliphatic rings. The van der Waals surface area contributed by atoms with Gasteiger partial charge in [0, 0.05) is 43.1 Å². The molecule has 0 spiro atoms. The van der Waals surface area contributed by atoms with Gasteiger partial charge in [-0.3, -0.25) is 19.6 Å². The minimum Gasteiger partial charge on any atom is -0.403 e. The molecule has 9 heteroatoms. The number of nitrogens with two attached hydrogens (primary N) is 1. The first kappa shape index (κ1) is 23.9. The number of carbonyl (C=O) groups is 2. The fourth-order valence-corrected chi connectivity index (χ4v) is 3.89. The van der Waals surface area contributed by atoms with E-state index in [0.717, 1.165) is 25.7 Å². The first-order valence-electron chi connectivity index (χ1n) is 10.9. The number of allylic oxidation sites excluding steroid dienone is 1. The lowest BCUT2D eigenvalue weighted by Gasteiger charge is -2.22. The number of hydrogen-bond acceptors (Lipinski definition) is 6. The number of aromatic nitrogens is 1. The summed E-state index contributed by atoms with van der Waals surface area (Å²) in [6.07, 6.45) is 10.6. The Morgan fingerprint density at radius 1 is 1.24 bits per heavy atom. The molecule has 1 heterocycles. The number of benzene rings is 1. The molecular weight excluding hydrogens is 423 g/mol. The van der Waals surface area contributed by atoms with Crippen LogP contribution >= 0.6 is 0 Å². The normalized spacial score (nSPS) is 15.4. The molecule has 1 fully saturated rings. The van der Waals surface area contributed by atoms with Gasteiger partial charge in [0.15, 0.2) is 0 Å². The van der Waals surface area contributed by atoms with Crippen LogP contribution in [0.25, 0.3) is 0 Å². The molecule has 3 rings (SSSR count). The topological polar surface area (TPSA) is 121 Å². The summed E-state index contributed by atoms with van der Waals surface area (Å²) in [5.41, 5.74) is 6.93. The van der Waals surface area contributed by atoms with Crippen LogP contribution in [0.1, 0.15) is 42.5 Å². The van der Waals surface area contributed by atoms with Gasteiger partial charge in [-0.25, -0.2) is 4.39 Å². The third-order valence-corrected chi connectivity index (χ3v) is 5.57. The van der Waals surface area contributed by atoms with Crippen molar-refractivity contribution in [1.82, 2.24) is 15.6 Å². The Balaban J connectivity index is 1.76. The molecule has 2 amide bonds. The van der Waals surface area contributed by atoms with Gasteiger partial charge in [0.05, 0.1) is 11.4 Å². The van der Waals surface area contributed by atoms with Crippen LogP contribution in [0.2, 0.25) is 0 Å². The molecule has 33 heavy (non-hydrogen) atoms. The van der Waals surface area contributed by atoms with E-state index in [-0.39, 0.29) is 17.2 Å². The van der Waals surface area contributed by atoms with Crippen LogP contribution in [0.3, 0.4) is 0 Å². The van der Waals surface area contributed by atoms with Crippen LogP contribution in [0.5, 0.6) is 0 Å². The molecule has 0 bridgehead atoms. The number of anilines is 2. The monoisotopic (exact) mass is 452 g/mol. The van der Waals surface area contributed by atoms with E-state index in [4.69, 9.17) is 5.73 Å². The highest BCUT2D eigenvalue weighted by Gasteiger charge is 2.27. The summed E-state index contributed by atoms with van der Waals surface area (Å²) in [5, 5.41) is 8.46. The molecule has 0 saturated heterocycles. The van der Waals surface area contributed by atoms with Crippen LogP contribution in [-0.2, 0) is 4.79 Å². The summed E-state index contributed by atoms with van der Waals surface area (Å²) in [5.74, 6) is -0.985. The van der Waals surface area contributed by atoms with Crippen molar-refractivity contribution in [2.24, 2.45) is 16.6 Å². The number of rotatable bonds is 9. The second kappa shape index (κ2) is 11.8. The predicted molar refractivity (Wildman–Crippen MR) is 127 cm³/mol. The van der Waals surface area contributed by atoms with E-state index < -0.39 is 17.8 Å². The molecule has 1 saturated carbocycles. The summed E-state index contributed by atoms with van der Waals surface area (Å²) in [7, 11) is 1.57. The zero-order valence-electron chi connectivity index (χ0n) is 18.6. The Labute approximate surface area is 192 Å². The van der Waals surface area contributed by atoms with Crippen molar-refractivity contribution in [2.45, 2.75) is 38.1 Å². The molecule has 0 radical (unpaired) electrons. The Hall–Kier alpha value is -3.75. The van der Waals surface area contributed by atoms with Crippen molar-refractivity contribution >= 4 is 29.4 Å². The predicted octanol–water partition coefficient (Wildman–Crippen LogP) is 3.26. The second-order valence-corrected chi connectivity index (χ2v) is 7.97. The second-order valence-electron chi connectivity index (χ2n) is 7.97. The van der Waals surface area contributed by atoms with Crippen molar-refractivity contribution in [3.05, 3.63) is 66.0 Å². The van der Waals surface area contributed by atoms with Gasteiger partial charge in [-0.15, -0.1) is 0 Å². The quantitative estimate of drug-likeness (QED) is 0.435. The van der Waals surface area contributed by atoms with Crippen molar-refractivity contribution in [3.63, 3.8) is 0 Å². The Kier molecular flexibility index (Phi) is 8.51. The van der Waals surface area contributed by atoms with Crippen molar-refractivity contribution in [3.8, 4) is 0 Å². The lowest BCUT2D eigenvalue weighted by Crippen LogP contribution is -2.47. The van der Waals surface area contributed by atoms with Gasteiger partial charge < -0.3 is 21.7 Å². The summed E-state index contributed by atoms with van der Waals surface area (Å²) in [6, 6.07) is 6.65. The highest BCUT2D eigenvalue weighted by molar-refractivity contribution is 5.99. The Morgan fingerprint density at radius 3 is 2.64 bits per heavy atom. The van der Waals surface area contributed by atoms with E-state index in [0.29, 0.717) is 23.7 Å². The summed E-state index contributed by atoms with van der Waals surface area (Å²) < 4.78 is 14.3. The number of hydrogen-bond donors (Lipinski definition) is 4. The number of nitrogens with one attached hydrogen (secondary N) is 3. The van der Waals surface area contributed by atoms with Crippen molar-refractivity contribution in [2.75, 3.05) is 12.4 Å². The third-order valence-electron chi connectivity index (χ3n) is 5.57. The number of pyridine rings is 1. The standard InChI is InChI=1S/C24H29FN6O2/c1-27-15-19(14-26)30-24(33)22(12-16-4-2-3-5-16)31-23(32)17-6-7-20(25)21(13-17)29-18-8-10-28-11-9-18/h6-11,13-16,22H,2-5,12,26H2,1H3,(H,28,29)(H,30,33)(H,31,32)/b19-14+,27-15?. The first-order chi connectivity index (χ1) is 16.0. The SMILES string of the molecule is CN=C/C(=C\N)NC(=O)C(CC1CCCC1)NC(=O)c1ccc(F)c(Nc2ccncc2)c1. The van der Waals surface area contributed by atoms with Crippen LogP contribution in [0, 0.1) is 11.7 Å². The van der Waals surface area contributed by atoms with Gasteiger partial charge in [-0.05, 0) is 42.7 Å². The molecule has 0 aliphatic heterocycles. The minimum absolute atomic E-state index is 0.151.